The van der Waals surface area contributed by atoms with Crippen molar-refractivity contribution in [2.45, 2.75) is 0 Å². The van der Waals surface area contributed by atoms with Gasteiger partial charge in [0, 0.05) is 11.6 Å². The van der Waals surface area contributed by atoms with Gasteiger partial charge in [0.15, 0.2) is 5.76 Å². The molecule has 0 amide bonds. The van der Waals surface area contributed by atoms with Gasteiger partial charge in [-0.3, -0.25) is 0 Å². The molecule has 0 saturated heterocycles. The number of hydrogen-bond donors (Lipinski definition) is 1. The van der Waals surface area contributed by atoms with Crippen LogP contribution in [0, 0.1) is 0 Å². The normalized spacial score (nSPS) is 11.3. The molecule has 1 aromatic heterocycles. The number of aliphatic hydroxyl groups excluding tert-OH is 1. The Kier molecular flexibility index (Phi) is 3.74. The SMILES string of the molecule is O/C(=C\[n+]1ccccn1)c1ccc(-c2ccccc2)cc1. The molecular weight excluding hydrogens is 260 g/mol. The Labute approximate surface area is 123 Å². The van der Waals surface area contributed by atoms with Crippen molar-refractivity contribution in [1.29, 1.82) is 0 Å². The van der Waals surface area contributed by atoms with Crippen molar-refractivity contribution in [1.82, 2.24) is 5.10 Å². The van der Waals surface area contributed by atoms with Gasteiger partial charge in [-0.25, -0.2) is 0 Å². The summed E-state index contributed by atoms with van der Waals surface area (Å²) in [6, 6.07) is 21.6. The van der Waals surface area contributed by atoms with E-state index in [9.17, 15) is 5.11 Å². The van der Waals surface area contributed by atoms with Gasteiger partial charge in [0.1, 0.15) is 0 Å². The molecule has 3 nitrogen and oxygen atoms in total. The number of hydrogen-bond acceptors (Lipinski definition) is 2. The van der Waals surface area contributed by atoms with Crippen LogP contribution in [0.4, 0.5) is 0 Å². The minimum absolute atomic E-state index is 0.179. The van der Waals surface area contributed by atoms with Crippen LogP contribution in [0.1, 0.15) is 5.56 Å². The van der Waals surface area contributed by atoms with Crippen LogP contribution in [0.3, 0.4) is 0 Å². The summed E-state index contributed by atoms with van der Waals surface area (Å²) >= 11 is 0. The van der Waals surface area contributed by atoms with Crippen molar-refractivity contribution in [3.63, 3.8) is 0 Å². The Morgan fingerprint density at radius 1 is 0.857 bits per heavy atom. The number of rotatable bonds is 3. The van der Waals surface area contributed by atoms with Gasteiger partial charge >= 0.3 is 0 Å². The van der Waals surface area contributed by atoms with Crippen LogP contribution in [0.25, 0.3) is 23.1 Å². The van der Waals surface area contributed by atoms with Crippen molar-refractivity contribution in [3.8, 4) is 11.1 Å². The second kappa shape index (κ2) is 6.01. The van der Waals surface area contributed by atoms with Crippen LogP contribution in [0.2, 0.25) is 0 Å². The van der Waals surface area contributed by atoms with Crippen molar-refractivity contribution >= 4 is 12.0 Å². The molecule has 2 aromatic carbocycles. The zero-order valence-corrected chi connectivity index (χ0v) is 11.4. The second-order valence-electron chi connectivity index (χ2n) is 4.64. The van der Waals surface area contributed by atoms with Gasteiger partial charge < -0.3 is 5.11 Å². The minimum atomic E-state index is 0.179. The first-order chi connectivity index (χ1) is 10.3. The number of aliphatic hydroxyl groups is 1. The molecule has 3 aromatic rings. The summed E-state index contributed by atoms with van der Waals surface area (Å²) in [6.07, 6.45) is 5.02. The zero-order chi connectivity index (χ0) is 14.5. The minimum Gasteiger partial charge on any atom is -0.502 e. The van der Waals surface area contributed by atoms with Crippen molar-refractivity contribution < 1.29 is 9.79 Å². The third kappa shape index (κ3) is 3.15. The van der Waals surface area contributed by atoms with Gasteiger partial charge in [-0.2, -0.15) is 0 Å². The van der Waals surface area contributed by atoms with Crippen LogP contribution in [-0.4, -0.2) is 10.2 Å². The summed E-state index contributed by atoms with van der Waals surface area (Å²) < 4.78 is 1.57. The molecule has 1 heterocycles. The maximum absolute atomic E-state index is 10.1. The maximum Gasteiger partial charge on any atom is 0.244 e. The number of aromatic nitrogens is 2. The van der Waals surface area contributed by atoms with Crippen molar-refractivity contribution in [3.05, 3.63) is 84.7 Å². The third-order valence-electron chi connectivity index (χ3n) is 3.18. The van der Waals surface area contributed by atoms with Crippen LogP contribution >= 0.6 is 0 Å². The smallest absolute Gasteiger partial charge is 0.244 e. The Morgan fingerprint density at radius 2 is 1.57 bits per heavy atom. The molecule has 0 spiro atoms. The van der Waals surface area contributed by atoms with Crippen LogP contribution in [0.15, 0.2) is 79.1 Å². The molecule has 0 saturated carbocycles. The van der Waals surface area contributed by atoms with Crippen LogP contribution in [0.5, 0.6) is 0 Å². The molecule has 0 bridgehead atoms. The van der Waals surface area contributed by atoms with Gasteiger partial charge in [0.25, 0.3) is 0 Å². The second-order valence-corrected chi connectivity index (χ2v) is 4.64. The van der Waals surface area contributed by atoms with Gasteiger partial charge in [-0.15, -0.1) is 0 Å². The van der Waals surface area contributed by atoms with Crippen molar-refractivity contribution in [2.75, 3.05) is 0 Å². The molecule has 102 valence electrons. The standard InChI is InChI=1S/C18H14N2O/c21-18(14-20-13-5-4-12-19-20)17-10-8-16(9-11-17)15-6-2-1-3-7-15/h1-14H/p+1. The number of benzene rings is 2. The van der Waals surface area contributed by atoms with E-state index in [0.29, 0.717) is 0 Å². The Morgan fingerprint density at radius 3 is 2.24 bits per heavy atom. The first-order valence-electron chi connectivity index (χ1n) is 6.72. The van der Waals surface area contributed by atoms with E-state index in [1.807, 2.05) is 54.6 Å². The summed E-state index contributed by atoms with van der Waals surface area (Å²) in [7, 11) is 0. The summed E-state index contributed by atoms with van der Waals surface area (Å²) in [5.74, 6) is 0.179. The highest BCUT2D eigenvalue weighted by Gasteiger charge is 2.05. The summed E-state index contributed by atoms with van der Waals surface area (Å²) in [4.78, 5) is 0. The van der Waals surface area contributed by atoms with E-state index in [2.05, 4.69) is 17.2 Å². The summed E-state index contributed by atoms with van der Waals surface area (Å²) in [5, 5.41) is 14.2. The third-order valence-corrected chi connectivity index (χ3v) is 3.18. The molecule has 0 aliphatic carbocycles. The van der Waals surface area contributed by atoms with E-state index >= 15 is 0 Å². The lowest BCUT2D eigenvalue weighted by molar-refractivity contribution is -0.634. The molecule has 1 N–H and O–H groups in total. The topological polar surface area (TPSA) is 37.0 Å². The fraction of sp³-hybridized carbons (Fsp3) is 0. The average molecular weight is 275 g/mol. The fourth-order valence-electron chi connectivity index (χ4n) is 2.08. The van der Waals surface area contributed by atoms with Crippen molar-refractivity contribution in [2.24, 2.45) is 0 Å². The first kappa shape index (κ1) is 13.1. The van der Waals surface area contributed by atoms with Gasteiger partial charge in [0.2, 0.25) is 12.4 Å². The Hall–Kier alpha value is -2.94. The molecule has 0 aliphatic heterocycles. The highest BCUT2D eigenvalue weighted by molar-refractivity contribution is 5.70. The molecule has 0 atom stereocenters. The average Bonchev–Trinajstić information content (AvgIpc) is 2.57. The quantitative estimate of drug-likeness (QED) is 0.586. The lowest BCUT2D eigenvalue weighted by Gasteiger charge is -2.03. The molecule has 0 fully saturated rings. The van der Waals surface area contributed by atoms with Crippen LogP contribution < -0.4 is 4.68 Å². The highest BCUT2D eigenvalue weighted by atomic mass is 16.3. The Balaban J connectivity index is 1.86. The summed E-state index contributed by atoms with van der Waals surface area (Å²) in [6.45, 7) is 0. The lowest BCUT2D eigenvalue weighted by Crippen LogP contribution is -2.29. The van der Waals surface area contributed by atoms with E-state index in [1.165, 1.54) is 0 Å². The monoisotopic (exact) mass is 275 g/mol. The molecule has 3 rings (SSSR count). The highest BCUT2D eigenvalue weighted by Crippen LogP contribution is 2.21. The molecule has 0 unspecified atom stereocenters. The predicted octanol–water partition coefficient (Wildman–Crippen LogP) is 3.55. The predicted molar refractivity (Wildman–Crippen MR) is 83.1 cm³/mol. The van der Waals surface area contributed by atoms with Crippen LogP contribution in [-0.2, 0) is 0 Å². The molecule has 0 aliphatic rings. The van der Waals surface area contributed by atoms with E-state index in [4.69, 9.17) is 0 Å². The van der Waals surface area contributed by atoms with Gasteiger partial charge in [-0.1, -0.05) is 59.3 Å². The van der Waals surface area contributed by atoms with Gasteiger partial charge in [-0.05, 0) is 22.3 Å². The van der Waals surface area contributed by atoms with E-state index in [-0.39, 0.29) is 5.76 Å². The zero-order valence-electron chi connectivity index (χ0n) is 11.4. The number of nitrogens with zero attached hydrogens (tertiary/aromatic N) is 2. The largest absolute Gasteiger partial charge is 0.502 e. The maximum atomic E-state index is 10.1. The van der Waals surface area contributed by atoms with E-state index in [1.54, 1.807) is 23.3 Å². The van der Waals surface area contributed by atoms with Gasteiger partial charge in [0.05, 0.1) is 6.20 Å². The van der Waals surface area contributed by atoms with E-state index in [0.717, 1.165) is 16.7 Å². The molecule has 3 heteroatoms. The molecule has 21 heavy (non-hydrogen) atoms. The molecule has 0 radical (unpaired) electrons. The Bertz CT molecular complexity index is 735. The lowest BCUT2D eigenvalue weighted by atomic mass is 10.0. The van der Waals surface area contributed by atoms with E-state index < -0.39 is 0 Å². The fourth-order valence-corrected chi connectivity index (χ4v) is 2.08. The first-order valence-corrected chi connectivity index (χ1v) is 6.72. The summed E-state index contributed by atoms with van der Waals surface area (Å²) in [5.41, 5.74) is 3.04. The molecular formula is C18H15N2O+.